The average Bonchev–Trinajstić information content (AvgIpc) is 2.51. The highest BCUT2D eigenvalue weighted by atomic mass is 32.1. The van der Waals surface area contributed by atoms with Gasteiger partial charge >= 0.3 is 0 Å². The molecule has 1 saturated carbocycles. The minimum atomic E-state index is -0.109. The number of aliphatic hydroxyl groups excluding tert-OH is 1. The van der Waals surface area contributed by atoms with E-state index in [1.165, 1.54) is 5.56 Å². The first kappa shape index (κ1) is 8.27. The number of aliphatic hydroxyl groups is 1. The van der Waals surface area contributed by atoms with Crippen molar-refractivity contribution in [2.75, 3.05) is 0 Å². The number of hydrogen-bond acceptors (Lipinski definition) is 2. The van der Waals surface area contributed by atoms with E-state index in [2.05, 4.69) is 30.7 Å². The summed E-state index contributed by atoms with van der Waals surface area (Å²) in [5.41, 5.74) is 1.48. The molecule has 0 bridgehead atoms. The van der Waals surface area contributed by atoms with Crippen LogP contribution in [0.1, 0.15) is 31.7 Å². The Kier molecular flexibility index (Phi) is 1.77. The van der Waals surface area contributed by atoms with Gasteiger partial charge in [-0.1, -0.05) is 13.8 Å². The summed E-state index contributed by atoms with van der Waals surface area (Å²) in [5.74, 6) is 0.568. The van der Waals surface area contributed by atoms with Crippen molar-refractivity contribution in [1.82, 2.24) is 0 Å². The molecule has 1 aromatic heterocycles. The highest BCUT2D eigenvalue weighted by Crippen LogP contribution is 2.52. The zero-order valence-electron chi connectivity index (χ0n) is 7.45. The van der Waals surface area contributed by atoms with Gasteiger partial charge in [0.05, 0.1) is 6.10 Å². The van der Waals surface area contributed by atoms with Crippen LogP contribution in [0, 0.1) is 5.41 Å². The molecule has 2 atom stereocenters. The van der Waals surface area contributed by atoms with Crippen LogP contribution < -0.4 is 0 Å². The summed E-state index contributed by atoms with van der Waals surface area (Å²) in [6, 6.07) is 2.17. The van der Waals surface area contributed by atoms with Crippen molar-refractivity contribution < 1.29 is 5.11 Å². The second-order valence-corrected chi connectivity index (χ2v) is 4.96. The molecule has 2 heteroatoms. The number of rotatable bonds is 1. The molecule has 66 valence electrons. The molecule has 1 fully saturated rings. The fraction of sp³-hybridized carbons (Fsp3) is 0.600. The van der Waals surface area contributed by atoms with Gasteiger partial charge in [0.2, 0.25) is 0 Å². The van der Waals surface area contributed by atoms with Crippen LogP contribution >= 0.6 is 11.3 Å². The first-order valence-corrected chi connectivity index (χ1v) is 5.27. The number of hydrogen-bond donors (Lipinski definition) is 1. The van der Waals surface area contributed by atoms with Crippen LogP contribution in [0.15, 0.2) is 16.8 Å². The lowest BCUT2D eigenvalue weighted by molar-refractivity contribution is -0.0624. The quantitative estimate of drug-likeness (QED) is 0.708. The molecule has 1 N–H and O–H groups in total. The Morgan fingerprint density at radius 1 is 1.58 bits per heavy atom. The fourth-order valence-electron chi connectivity index (χ4n) is 1.94. The van der Waals surface area contributed by atoms with Crippen molar-refractivity contribution in [3.8, 4) is 0 Å². The lowest BCUT2D eigenvalue weighted by Gasteiger charge is -2.49. The maximum atomic E-state index is 9.55. The van der Waals surface area contributed by atoms with Gasteiger partial charge in [0.25, 0.3) is 0 Å². The van der Waals surface area contributed by atoms with E-state index in [0.29, 0.717) is 5.92 Å². The molecule has 1 heterocycles. The van der Waals surface area contributed by atoms with Crippen LogP contribution in [-0.4, -0.2) is 11.2 Å². The summed E-state index contributed by atoms with van der Waals surface area (Å²) in [6.07, 6.45) is 0.825. The molecule has 0 aromatic carbocycles. The molecule has 1 aromatic rings. The topological polar surface area (TPSA) is 20.2 Å². The van der Waals surface area contributed by atoms with Crippen molar-refractivity contribution in [3.63, 3.8) is 0 Å². The molecule has 0 saturated heterocycles. The van der Waals surface area contributed by atoms with E-state index in [1.807, 2.05) is 0 Å². The largest absolute Gasteiger partial charge is 0.393 e. The Bertz CT molecular complexity index is 263. The van der Waals surface area contributed by atoms with Gasteiger partial charge in [0.1, 0.15) is 0 Å². The highest BCUT2D eigenvalue weighted by molar-refractivity contribution is 7.07. The third-order valence-corrected chi connectivity index (χ3v) is 3.86. The maximum Gasteiger partial charge on any atom is 0.0603 e. The predicted molar refractivity (Wildman–Crippen MR) is 51.5 cm³/mol. The Morgan fingerprint density at radius 3 is 2.75 bits per heavy atom. The highest BCUT2D eigenvalue weighted by Gasteiger charge is 2.47. The molecule has 0 spiro atoms. The molecule has 1 aliphatic carbocycles. The van der Waals surface area contributed by atoms with E-state index < -0.39 is 0 Å². The summed E-state index contributed by atoms with van der Waals surface area (Å²) < 4.78 is 0. The molecular formula is C10H14OS. The molecule has 2 rings (SSSR count). The normalized spacial score (nSPS) is 32.9. The fourth-order valence-corrected chi connectivity index (χ4v) is 2.66. The van der Waals surface area contributed by atoms with E-state index in [-0.39, 0.29) is 11.5 Å². The Morgan fingerprint density at radius 2 is 2.33 bits per heavy atom. The summed E-state index contributed by atoms with van der Waals surface area (Å²) in [6.45, 7) is 4.28. The molecule has 0 radical (unpaired) electrons. The van der Waals surface area contributed by atoms with Crippen molar-refractivity contribution in [1.29, 1.82) is 0 Å². The molecule has 12 heavy (non-hydrogen) atoms. The van der Waals surface area contributed by atoms with Gasteiger partial charge in [-0.25, -0.2) is 0 Å². The SMILES string of the molecule is CC1(C)C(O)CC1c1ccsc1. The minimum Gasteiger partial charge on any atom is -0.393 e. The second-order valence-electron chi connectivity index (χ2n) is 4.18. The molecule has 1 nitrogen and oxygen atoms in total. The van der Waals surface area contributed by atoms with Crippen molar-refractivity contribution in [2.45, 2.75) is 32.3 Å². The van der Waals surface area contributed by atoms with Crippen LogP contribution in [0.5, 0.6) is 0 Å². The smallest absolute Gasteiger partial charge is 0.0603 e. The van der Waals surface area contributed by atoms with Crippen LogP contribution in [0.4, 0.5) is 0 Å². The Hall–Kier alpha value is -0.340. The van der Waals surface area contributed by atoms with Gasteiger partial charge in [-0.05, 0) is 40.1 Å². The van der Waals surface area contributed by atoms with Crippen LogP contribution in [0.2, 0.25) is 0 Å². The predicted octanol–water partition coefficient (Wildman–Crippen LogP) is 2.62. The lowest BCUT2D eigenvalue weighted by atomic mass is 9.58. The van der Waals surface area contributed by atoms with Gasteiger partial charge in [0.15, 0.2) is 0 Å². The summed E-state index contributed by atoms with van der Waals surface area (Å²) in [5, 5.41) is 13.8. The van der Waals surface area contributed by atoms with Crippen molar-refractivity contribution >= 4 is 11.3 Å². The van der Waals surface area contributed by atoms with E-state index in [9.17, 15) is 5.11 Å². The van der Waals surface area contributed by atoms with Crippen LogP contribution in [-0.2, 0) is 0 Å². The monoisotopic (exact) mass is 182 g/mol. The zero-order chi connectivity index (χ0) is 8.77. The third kappa shape index (κ3) is 1.02. The van der Waals surface area contributed by atoms with Crippen molar-refractivity contribution in [2.24, 2.45) is 5.41 Å². The van der Waals surface area contributed by atoms with Crippen LogP contribution in [0.25, 0.3) is 0 Å². The Balaban J connectivity index is 2.19. The zero-order valence-corrected chi connectivity index (χ0v) is 8.27. The van der Waals surface area contributed by atoms with E-state index in [4.69, 9.17) is 0 Å². The third-order valence-electron chi connectivity index (χ3n) is 3.16. The van der Waals surface area contributed by atoms with Gasteiger partial charge in [-0.15, -0.1) is 0 Å². The first-order valence-electron chi connectivity index (χ1n) is 4.32. The lowest BCUT2D eigenvalue weighted by Crippen LogP contribution is -2.47. The van der Waals surface area contributed by atoms with Crippen molar-refractivity contribution in [3.05, 3.63) is 22.4 Å². The van der Waals surface area contributed by atoms with E-state index in [1.54, 1.807) is 11.3 Å². The van der Waals surface area contributed by atoms with Gasteiger partial charge in [0, 0.05) is 0 Å². The minimum absolute atomic E-state index is 0.0844. The van der Waals surface area contributed by atoms with E-state index >= 15 is 0 Å². The first-order chi connectivity index (χ1) is 5.62. The molecule has 0 aliphatic heterocycles. The maximum absolute atomic E-state index is 9.55. The summed E-state index contributed by atoms with van der Waals surface area (Å²) in [7, 11) is 0. The van der Waals surface area contributed by atoms with Crippen LogP contribution in [0.3, 0.4) is 0 Å². The summed E-state index contributed by atoms with van der Waals surface area (Å²) in [4.78, 5) is 0. The summed E-state index contributed by atoms with van der Waals surface area (Å²) >= 11 is 1.74. The molecular weight excluding hydrogens is 168 g/mol. The second kappa shape index (κ2) is 2.57. The standard InChI is InChI=1S/C10H14OS/c1-10(2)8(5-9(10)11)7-3-4-12-6-7/h3-4,6,8-9,11H,5H2,1-2H3. The van der Waals surface area contributed by atoms with Gasteiger partial charge in [-0.3, -0.25) is 0 Å². The number of thiophene rings is 1. The van der Waals surface area contributed by atoms with Gasteiger partial charge in [-0.2, -0.15) is 11.3 Å². The van der Waals surface area contributed by atoms with E-state index in [0.717, 1.165) is 6.42 Å². The molecule has 0 amide bonds. The molecule has 2 unspecified atom stereocenters. The average molecular weight is 182 g/mol. The van der Waals surface area contributed by atoms with Gasteiger partial charge < -0.3 is 5.11 Å². The molecule has 1 aliphatic rings. The Labute approximate surface area is 77.0 Å².